The van der Waals surface area contributed by atoms with Crippen LogP contribution in [0.5, 0.6) is 0 Å². The molecular formula is C11H11N5O10. The molecule has 0 spiro atoms. The lowest BCUT2D eigenvalue weighted by Gasteiger charge is -2.12. The molecule has 0 saturated heterocycles. The molecule has 0 radical (unpaired) electrons. The van der Waals surface area contributed by atoms with Crippen LogP contribution in [0.4, 0.5) is 22.7 Å². The number of carbonyl (C=O) groups excluding carboxylic acids is 1. The Morgan fingerprint density at radius 3 is 1.88 bits per heavy atom. The number of benzene rings is 1. The summed E-state index contributed by atoms with van der Waals surface area (Å²) in [6.07, 6.45) is 0. The second-order valence-electron chi connectivity index (χ2n) is 4.62. The molecule has 4 N–H and O–H groups in total. The van der Waals surface area contributed by atoms with Crippen molar-refractivity contribution in [2.24, 2.45) is 0 Å². The molecule has 1 amide bonds. The highest BCUT2D eigenvalue weighted by molar-refractivity contribution is 5.88. The van der Waals surface area contributed by atoms with Crippen LogP contribution in [-0.2, 0) is 9.59 Å². The van der Waals surface area contributed by atoms with E-state index < -0.39 is 68.6 Å². The molecule has 0 saturated carbocycles. The quantitative estimate of drug-likeness (QED) is 0.315. The van der Waals surface area contributed by atoms with Crippen molar-refractivity contribution in [2.45, 2.75) is 6.04 Å². The highest BCUT2D eigenvalue weighted by atomic mass is 16.6. The van der Waals surface area contributed by atoms with Gasteiger partial charge in [0, 0.05) is 0 Å². The van der Waals surface area contributed by atoms with Gasteiger partial charge in [-0.15, -0.1) is 0 Å². The van der Waals surface area contributed by atoms with E-state index in [0.717, 1.165) is 0 Å². The topological polar surface area (TPSA) is 228 Å². The lowest BCUT2D eigenvalue weighted by molar-refractivity contribution is -0.401. The molecule has 26 heavy (non-hydrogen) atoms. The average molecular weight is 373 g/mol. The first-order valence-electron chi connectivity index (χ1n) is 6.56. The third kappa shape index (κ3) is 4.81. The fourth-order valence-electron chi connectivity index (χ4n) is 1.77. The number of aliphatic carboxylic acids is 1. The SMILES string of the molecule is O=C(CNc1c([N+](=O)[O-])cc([N+](=O)[O-])cc1[N+](=O)[O-])NC(CO)C(=O)O. The second-order valence-corrected chi connectivity index (χ2v) is 4.62. The number of hydrogen-bond donors (Lipinski definition) is 4. The monoisotopic (exact) mass is 373 g/mol. The van der Waals surface area contributed by atoms with E-state index in [4.69, 9.17) is 10.2 Å². The summed E-state index contributed by atoms with van der Waals surface area (Å²) in [4.78, 5) is 51.8. The summed E-state index contributed by atoms with van der Waals surface area (Å²) in [6, 6.07) is -0.701. The lowest BCUT2D eigenvalue weighted by Crippen LogP contribution is -2.45. The predicted molar refractivity (Wildman–Crippen MR) is 81.5 cm³/mol. The summed E-state index contributed by atoms with van der Waals surface area (Å²) in [5.41, 5.74) is -3.70. The van der Waals surface area contributed by atoms with Gasteiger partial charge in [-0.25, -0.2) is 4.79 Å². The first kappa shape index (κ1) is 20.2. The van der Waals surface area contributed by atoms with E-state index in [1.54, 1.807) is 0 Å². The summed E-state index contributed by atoms with van der Waals surface area (Å²) < 4.78 is 0. The van der Waals surface area contributed by atoms with Crippen LogP contribution < -0.4 is 10.6 Å². The fraction of sp³-hybridized carbons (Fsp3) is 0.273. The van der Waals surface area contributed by atoms with E-state index in [-0.39, 0.29) is 0 Å². The number of nitro benzene ring substituents is 3. The smallest absolute Gasteiger partial charge is 0.328 e. The number of aliphatic hydroxyl groups excluding tert-OH is 1. The summed E-state index contributed by atoms with van der Waals surface area (Å²) in [7, 11) is 0. The Kier molecular flexibility index (Phi) is 6.43. The number of anilines is 1. The van der Waals surface area contributed by atoms with E-state index in [2.05, 4.69) is 5.32 Å². The van der Waals surface area contributed by atoms with Crippen molar-refractivity contribution in [1.82, 2.24) is 5.32 Å². The summed E-state index contributed by atoms with van der Waals surface area (Å²) in [6.45, 7) is -1.76. The minimum Gasteiger partial charge on any atom is -0.480 e. The van der Waals surface area contributed by atoms with Crippen LogP contribution in [0.2, 0.25) is 0 Å². The summed E-state index contributed by atoms with van der Waals surface area (Å²) in [5.74, 6) is -2.60. The number of carboxylic acids is 1. The number of non-ortho nitro benzene ring substituents is 1. The maximum Gasteiger partial charge on any atom is 0.328 e. The molecule has 0 aromatic heterocycles. The zero-order valence-electron chi connectivity index (χ0n) is 12.6. The van der Waals surface area contributed by atoms with Crippen molar-refractivity contribution in [3.05, 3.63) is 42.5 Å². The predicted octanol–water partition coefficient (Wildman–Crippen LogP) is -0.615. The molecule has 0 aliphatic heterocycles. The van der Waals surface area contributed by atoms with Gasteiger partial charge in [0.25, 0.3) is 5.69 Å². The van der Waals surface area contributed by atoms with Crippen LogP contribution in [0.25, 0.3) is 0 Å². The van der Waals surface area contributed by atoms with Gasteiger partial charge < -0.3 is 20.8 Å². The van der Waals surface area contributed by atoms with Gasteiger partial charge in [0.05, 0.1) is 40.1 Å². The second kappa shape index (κ2) is 8.29. The maximum atomic E-state index is 11.6. The molecular weight excluding hydrogens is 362 g/mol. The third-order valence-electron chi connectivity index (χ3n) is 2.93. The molecule has 15 heteroatoms. The highest BCUT2D eigenvalue weighted by Crippen LogP contribution is 2.38. The van der Waals surface area contributed by atoms with Crippen LogP contribution in [0.3, 0.4) is 0 Å². The fourth-order valence-corrected chi connectivity index (χ4v) is 1.77. The van der Waals surface area contributed by atoms with Crippen LogP contribution >= 0.6 is 0 Å². The van der Waals surface area contributed by atoms with Crippen LogP contribution in [0, 0.1) is 30.3 Å². The molecule has 15 nitrogen and oxygen atoms in total. The van der Waals surface area contributed by atoms with Gasteiger partial charge in [-0.2, -0.15) is 0 Å². The lowest BCUT2D eigenvalue weighted by atomic mass is 10.2. The van der Waals surface area contributed by atoms with Gasteiger partial charge in [-0.05, 0) is 0 Å². The largest absolute Gasteiger partial charge is 0.480 e. The molecule has 140 valence electrons. The minimum atomic E-state index is -1.65. The van der Waals surface area contributed by atoms with Gasteiger partial charge >= 0.3 is 17.3 Å². The molecule has 0 bridgehead atoms. The third-order valence-corrected chi connectivity index (χ3v) is 2.93. The van der Waals surface area contributed by atoms with Crippen LogP contribution in [-0.4, -0.2) is 56.1 Å². The first-order chi connectivity index (χ1) is 12.1. The number of nitrogens with one attached hydrogen (secondary N) is 2. The number of carbonyl (C=O) groups is 2. The Bertz CT molecular complexity index is 744. The summed E-state index contributed by atoms with van der Waals surface area (Å²) in [5, 5.41) is 54.2. The Labute approximate surface area is 142 Å². The first-order valence-corrected chi connectivity index (χ1v) is 6.56. The molecule has 1 unspecified atom stereocenters. The number of nitro groups is 3. The number of aliphatic hydroxyl groups is 1. The number of nitrogens with zero attached hydrogens (tertiary/aromatic N) is 3. The number of hydrogen-bond acceptors (Lipinski definition) is 10. The van der Waals surface area contributed by atoms with Crippen molar-refractivity contribution in [3.8, 4) is 0 Å². The van der Waals surface area contributed by atoms with Crippen molar-refractivity contribution < 1.29 is 34.6 Å². The molecule has 0 aliphatic rings. The van der Waals surface area contributed by atoms with Gasteiger partial charge in [0.1, 0.15) is 6.04 Å². The van der Waals surface area contributed by atoms with Gasteiger partial charge in [0.2, 0.25) is 5.91 Å². The summed E-state index contributed by atoms with van der Waals surface area (Å²) >= 11 is 0. The van der Waals surface area contributed by atoms with Gasteiger partial charge in [-0.1, -0.05) is 0 Å². The van der Waals surface area contributed by atoms with Crippen molar-refractivity contribution >= 4 is 34.6 Å². The molecule has 0 aliphatic carbocycles. The number of carboxylic acid groups (broad SMARTS) is 1. The molecule has 0 fully saturated rings. The molecule has 1 aromatic rings. The van der Waals surface area contributed by atoms with Crippen molar-refractivity contribution in [1.29, 1.82) is 0 Å². The van der Waals surface area contributed by atoms with Crippen molar-refractivity contribution in [2.75, 3.05) is 18.5 Å². The Morgan fingerprint density at radius 1 is 1.04 bits per heavy atom. The van der Waals surface area contributed by atoms with E-state index in [9.17, 15) is 39.9 Å². The van der Waals surface area contributed by atoms with Gasteiger partial charge in [0.15, 0.2) is 5.69 Å². The van der Waals surface area contributed by atoms with Crippen LogP contribution in [0.1, 0.15) is 0 Å². The zero-order valence-corrected chi connectivity index (χ0v) is 12.6. The minimum absolute atomic E-state index is 0.473. The standard InChI is InChI=1S/C11H11N5O10/c17-4-6(11(19)20)13-9(18)3-12-10-7(15(23)24)1-5(14(21)22)2-8(10)16(25)26/h1-2,6,12,17H,3-4H2,(H,13,18)(H,19,20). The van der Waals surface area contributed by atoms with E-state index in [1.807, 2.05) is 5.32 Å². The maximum absolute atomic E-state index is 11.6. The molecule has 1 aromatic carbocycles. The number of amides is 1. The Hall–Kier alpha value is -3.88. The van der Waals surface area contributed by atoms with E-state index in [1.165, 1.54) is 0 Å². The van der Waals surface area contributed by atoms with E-state index in [0.29, 0.717) is 12.1 Å². The molecule has 1 rings (SSSR count). The Balaban J connectivity index is 3.16. The zero-order chi connectivity index (χ0) is 20.0. The molecule has 1 atom stereocenters. The number of rotatable bonds is 9. The van der Waals surface area contributed by atoms with Crippen LogP contribution in [0.15, 0.2) is 12.1 Å². The average Bonchev–Trinajstić information content (AvgIpc) is 2.56. The normalized spacial score (nSPS) is 11.3. The Morgan fingerprint density at radius 2 is 1.54 bits per heavy atom. The van der Waals surface area contributed by atoms with E-state index >= 15 is 0 Å². The highest BCUT2D eigenvalue weighted by Gasteiger charge is 2.31. The van der Waals surface area contributed by atoms with Crippen molar-refractivity contribution in [3.63, 3.8) is 0 Å². The molecule has 0 heterocycles. The van der Waals surface area contributed by atoms with Gasteiger partial charge in [-0.3, -0.25) is 35.1 Å².